The molecular formula is C19H18BrClN4O3. The van der Waals surface area contributed by atoms with Gasteiger partial charge in [-0.1, -0.05) is 33.6 Å². The number of carbonyl (C=O) groups excluding carboxylic acids is 3. The number of hydrogen-bond donors (Lipinski definition) is 3. The van der Waals surface area contributed by atoms with Crippen LogP contribution in [0.3, 0.4) is 0 Å². The maximum atomic E-state index is 12.1. The Labute approximate surface area is 175 Å². The summed E-state index contributed by atoms with van der Waals surface area (Å²) in [5.74, 6) is -0.765. The van der Waals surface area contributed by atoms with Crippen molar-refractivity contribution < 1.29 is 14.4 Å². The number of nitrogens with zero attached hydrogens (tertiary/aromatic N) is 1. The van der Waals surface area contributed by atoms with Crippen LogP contribution in [0.1, 0.15) is 10.4 Å². The first kappa shape index (κ1) is 20.2. The zero-order valence-electron chi connectivity index (χ0n) is 14.8. The van der Waals surface area contributed by atoms with Crippen molar-refractivity contribution in [3.8, 4) is 0 Å². The molecule has 3 rings (SSSR count). The molecular weight excluding hydrogens is 448 g/mol. The average molecular weight is 466 g/mol. The van der Waals surface area contributed by atoms with Gasteiger partial charge in [-0.25, -0.2) is 0 Å². The Morgan fingerprint density at radius 3 is 2.75 bits per heavy atom. The fourth-order valence-electron chi connectivity index (χ4n) is 2.78. The first-order valence-electron chi connectivity index (χ1n) is 8.57. The monoisotopic (exact) mass is 464 g/mol. The van der Waals surface area contributed by atoms with Gasteiger partial charge in [0, 0.05) is 28.8 Å². The Bertz CT molecular complexity index is 922. The third kappa shape index (κ3) is 5.24. The molecule has 1 fully saturated rings. The normalized spacial score (nSPS) is 13.6. The van der Waals surface area contributed by atoms with Crippen molar-refractivity contribution in [2.75, 3.05) is 36.4 Å². The lowest BCUT2D eigenvalue weighted by Gasteiger charge is -2.29. The van der Waals surface area contributed by atoms with Gasteiger partial charge < -0.3 is 20.9 Å². The van der Waals surface area contributed by atoms with Crippen LogP contribution in [-0.4, -0.2) is 43.9 Å². The van der Waals surface area contributed by atoms with Crippen LogP contribution in [0.15, 0.2) is 46.9 Å². The number of anilines is 2. The molecule has 0 aromatic heterocycles. The summed E-state index contributed by atoms with van der Waals surface area (Å²) < 4.78 is 0.783. The molecule has 0 atom stereocenters. The van der Waals surface area contributed by atoms with Crippen molar-refractivity contribution in [3.05, 3.63) is 57.5 Å². The molecule has 2 aromatic rings. The Morgan fingerprint density at radius 2 is 2.04 bits per heavy atom. The predicted molar refractivity (Wildman–Crippen MR) is 112 cm³/mol. The van der Waals surface area contributed by atoms with Gasteiger partial charge in [0.25, 0.3) is 5.91 Å². The summed E-state index contributed by atoms with van der Waals surface area (Å²) in [4.78, 5) is 37.6. The van der Waals surface area contributed by atoms with Crippen LogP contribution in [0.4, 0.5) is 11.4 Å². The summed E-state index contributed by atoms with van der Waals surface area (Å²) in [6.07, 6.45) is 0. The van der Waals surface area contributed by atoms with E-state index in [1.807, 2.05) is 11.0 Å². The van der Waals surface area contributed by atoms with Crippen LogP contribution >= 0.6 is 27.5 Å². The van der Waals surface area contributed by atoms with Crippen molar-refractivity contribution in [3.63, 3.8) is 0 Å². The van der Waals surface area contributed by atoms with Gasteiger partial charge in [-0.3, -0.25) is 14.4 Å². The maximum Gasteiger partial charge on any atom is 0.251 e. The summed E-state index contributed by atoms with van der Waals surface area (Å²) in [7, 11) is 0. The van der Waals surface area contributed by atoms with Gasteiger partial charge >= 0.3 is 0 Å². The fraction of sp³-hybridized carbons (Fsp3) is 0.211. The largest absolute Gasteiger partial charge is 0.359 e. The topological polar surface area (TPSA) is 90.5 Å². The van der Waals surface area contributed by atoms with Gasteiger partial charge in [-0.15, -0.1) is 0 Å². The third-order valence-corrected chi connectivity index (χ3v) is 4.90. The Balaban J connectivity index is 1.56. The summed E-state index contributed by atoms with van der Waals surface area (Å²) >= 11 is 9.62. The number of carbonyl (C=O) groups is 3. The Hall–Kier alpha value is -2.58. The molecule has 0 spiro atoms. The van der Waals surface area contributed by atoms with Crippen LogP contribution in [0.25, 0.3) is 0 Å². The van der Waals surface area contributed by atoms with E-state index in [-0.39, 0.29) is 30.8 Å². The lowest BCUT2D eigenvalue weighted by atomic mass is 10.2. The minimum absolute atomic E-state index is 0.0547. The Morgan fingerprint density at radius 1 is 1.21 bits per heavy atom. The van der Waals surface area contributed by atoms with Crippen LogP contribution in [0.5, 0.6) is 0 Å². The molecule has 0 aliphatic carbocycles. The summed E-state index contributed by atoms with van der Waals surface area (Å²) in [5, 5.41) is 8.46. The van der Waals surface area contributed by atoms with Gasteiger partial charge in [-0.05, 0) is 36.4 Å². The third-order valence-electron chi connectivity index (χ3n) is 4.11. The fourth-order valence-corrected chi connectivity index (χ4v) is 3.48. The molecule has 28 heavy (non-hydrogen) atoms. The molecule has 0 bridgehead atoms. The molecule has 9 heteroatoms. The molecule has 3 N–H and O–H groups in total. The van der Waals surface area contributed by atoms with Crippen molar-refractivity contribution in [1.82, 2.24) is 10.6 Å². The SMILES string of the molecule is O=C1CN(c2ccc(NC(=O)CNC(=O)c3cccc(Br)c3)cc2Cl)CCN1. The molecule has 1 aliphatic rings. The predicted octanol–water partition coefficient (Wildman–Crippen LogP) is 2.41. The van der Waals surface area contributed by atoms with E-state index in [0.717, 1.165) is 10.2 Å². The number of rotatable bonds is 5. The number of nitrogens with one attached hydrogen (secondary N) is 3. The summed E-state index contributed by atoms with van der Waals surface area (Å²) in [5.41, 5.74) is 1.70. The summed E-state index contributed by atoms with van der Waals surface area (Å²) in [6.45, 7) is 1.30. The smallest absolute Gasteiger partial charge is 0.251 e. The van der Waals surface area contributed by atoms with Crippen LogP contribution in [0, 0.1) is 0 Å². The van der Waals surface area contributed by atoms with Crippen molar-refractivity contribution in [1.29, 1.82) is 0 Å². The van der Waals surface area contributed by atoms with Crippen LogP contribution in [0.2, 0.25) is 5.02 Å². The number of benzene rings is 2. The standard InChI is InChI=1S/C19H18BrClN4O3/c20-13-3-1-2-12(8-13)19(28)23-10-17(26)24-14-4-5-16(15(21)9-14)25-7-6-22-18(27)11-25/h1-5,8-9H,6-7,10-11H2,(H,22,27)(H,23,28)(H,24,26). The van der Waals surface area contributed by atoms with Gasteiger partial charge in [0.05, 0.1) is 23.8 Å². The second-order valence-corrected chi connectivity index (χ2v) is 7.50. The average Bonchev–Trinajstić information content (AvgIpc) is 2.66. The van der Waals surface area contributed by atoms with Gasteiger partial charge in [0.1, 0.15) is 0 Å². The molecule has 146 valence electrons. The minimum Gasteiger partial charge on any atom is -0.359 e. The van der Waals surface area contributed by atoms with E-state index < -0.39 is 0 Å². The maximum absolute atomic E-state index is 12.1. The molecule has 1 heterocycles. The lowest BCUT2D eigenvalue weighted by Crippen LogP contribution is -2.47. The minimum atomic E-state index is -0.371. The van der Waals surface area contributed by atoms with Crippen molar-refractivity contribution in [2.45, 2.75) is 0 Å². The highest BCUT2D eigenvalue weighted by Gasteiger charge is 2.19. The van der Waals surface area contributed by atoms with Gasteiger partial charge in [-0.2, -0.15) is 0 Å². The van der Waals surface area contributed by atoms with Gasteiger partial charge in [0.15, 0.2) is 0 Å². The molecule has 1 aliphatic heterocycles. The quantitative estimate of drug-likeness (QED) is 0.632. The molecule has 3 amide bonds. The first-order chi connectivity index (χ1) is 13.4. The first-order valence-corrected chi connectivity index (χ1v) is 9.74. The molecule has 7 nitrogen and oxygen atoms in total. The van der Waals surface area contributed by atoms with E-state index in [1.165, 1.54) is 0 Å². The second-order valence-electron chi connectivity index (χ2n) is 6.18. The zero-order chi connectivity index (χ0) is 20.1. The van der Waals surface area contributed by atoms with E-state index in [1.54, 1.807) is 36.4 Å². The van der Waals surface area contributed by atoms with Gasteiger partial charge in [0.2, 0.25) is 11.8 Å². The lowest BCUT2D eigenvalue weighted by molar-refractivity contribution is -0.120. The molecule has 0 radical (unpaired) electrons. The van der Waals surface area contributed by atoms with E-state index in [2.05, 4.69) is 31.9 Å². The number of hydrogen-bond acceptors (Lipinski definition) is 4. The molecule has 1 saturated heterocycles. The molecule has 0 saturated carbocycles. The van der Waals surface area contributed by atoms with E-state index in [4.69, 9.17) is 11.6 Å². The zero-order valence-corrected chi connectivity index (χ0v) is 17.1. The molecule has 2 aromatic carbocycles. The molecule has 0 unspecified atom stereocenters. The van der Waals surface area contributed by atoms with Crippen LogP contribution in [-0.2, 0) is 9.59 Å². The number of piperazine rings is 1. The van der Waals surface area contributed by atoms with E-state index >= 15 is 0 Å². The van der Waals surface area contributed by atoms with E-state index in [9.17, 15) is 14.4 Å². The number of halogens is 2. The van der Waals surface area contributed by atoms with E-state index in [0.29, 0.717) is 29.4 Å². The summed E-state index contributed by atoms with van der Waals surface area (Å²) in [6, 6.07) is 12.0. The highest BCUT2D eigenvalue weighted by atomic mass is 79.9. The van der Waals surface area contributed by atoms with Crippen molar-refractivity contribution in [2.24, 2.45) is 0 Å². The van der Waals surface area contributed by atoms with Crippen LogP contribution < -0.4 is 20.9 Å². The number of amides is 3. The van der Waals surface area contributed by atoms with Crippen molar-refractivity contribution >= 4 is 56.6 Å². The second kappa shape index (κ2) is 9.07. The Kier molecular flexibility index (Phi) is 6.53. The highest BCUT2D eigenvalue weighted by molar-refractivity contribution is 9.10. The highest BCUT2D eigenvalue weighted by Crippen LogP contribution is 2.29.